The Hall–Kier alpha value is -4.25. The molecule has 196 valence electrons. The first kappa shape index (κ1) is 26.8. The van der Waals surface area contributed by atoms with Gasteiger partial charge in [-0.25, -0.2) is 4.98 Å². The highest BCUT2D eigenvalue weighted by Gasteiger charge is 2.15. The fourth-order valence-corrected chi connectivity index (χ4v) is 4.71. The van der Waals surface area contributed by atoms with E-state index in [1.165, 1.54) is 23.0 Å². The molecular weight excluding hydrogens is 504 g/mol. The first-order chi connectivity index (χ1) is 18.4. The van der Waals surface area contributed by atoms with E-state index in [2.05, 4.69) is 22.3 Å². The number of anilines is 2. The van der Waals surface area contributed by atoms with E-state index in [0.717, 1.165) is 22.7 Å². The van der Waals surface area contributed by atoms with E-state index in [0.29, 0.717) is 24.3 Å². The maximum Gasteiger partial charge on any atom is 0.305 e. The van der Waals surface area contributed by atoms with E-state index in [9.17, 15) is 20.0 Å². The van der Waals surface area contributed by atoms with Gasteiger partial charge in [-0.3, -0.25) is 14.8 Å². The van der Waals surface area contributed by atoms with Crippen molar-refractivity contribution in [1.82, 2.24) is 10.3 Å². The molecule has 10 heteroatoms. The first-order valence-corrected chi connectivity index (χ1v) is 12.9. The number of carbonyl (C=O) groups is 2. The van der Waals surface area contributed by atoms with E-state index < -0.39 is 5.97 Å². The van der Waals surface area contributed by atoms with Crippen molar-refractivity contribution in [2.75, 3.05) is 23.2 Å². The summed E-state index contributed by atoms with van der Waals surface area (Å²) < 4.78 is 0. The van der Waals surface area contributed by atoms with Crippen LogP contribution < -0.4 is 15.4 Å². The molecule has 4 aromatic rings. The lowest BCUT2D eigenvalue weighted by molar-refractivity contribution is -0.136. The van der Waals surface area contributed by atoms with Crippen molar-refractivity contribution in [3.63, 3.8) is 0 Å². The molecule has 38 heavy (non-hydrogen) atoms. The van der Waals surface area contributed by atoms with Gasteiger partial charge in [0.05, 0.1) is 17.8 Å². The van der Waals surface area contributed by atoms with Gasteiger partial charge in [0.25, 0.3) is 5.91 Å². The molecule has 9 nitrogen and oxygen atoms in total. The summed E-state index contributed by atoms with van der Waals surface area (Å²) in [5, 5.41) is 34.5. The Morgan fingerprint density at radius 2 is 1.74 bits per heavy atom. The molecule has 0 aliphatic heterocycles. The smallest absolute Gasteiger partial charge is 0.305 e. The number of hydrogen-bond donors (Lipinski definition) is 3. The molecule has 0 fully saturated rings. The largest absolute Gasteiger partial charge is 0.733 e. The Kier molecular flexibility index (Phi) is 9.04. The summed E-state index contributed by atoms with van der Waals surface area (Å²) in [4.78, 5) is 29.9. The number of thiazole rings is 1. The normalized spacial score (nSPS) is 10.7. The molecule has 0 bridgehead atoms. The summed E-state index contributed by atoms with van der Waals surface area (Å²) >= 11 is 1.49. The van der Waals surface area contributed by atoms with Crippen molar-refractivity contribution in [2.24, 2.45) is 0 Å². The topological polar surface area (TPSA) is 129 Å². The van der Waals surface area contributed by atoms with Crippen LogP contribution in [0.25, 0.3) is 11.3 Å². The predicted molar refractivity (Wildman–Crippen MR) is 147 cm³/mol. The van der Waals surface area contributed by atoms with Crippen LogP contribution in [-0.2, 0) is 17.8 Å². The number of carboxylic acid groups (broad SMARTS) is 1. The van der Waals surface area contributed by atoms with Crippen molar-refractivity contribution in [2.45, 2.75) is 19.4 Å². The number of aromatic nitrogens is 1. The number of amides is 1. The second-order valence-electron chi connectivity index (χ2n) is 8.59. The summed E-state index contributed by atoms with van der Waals surface area (Å²) in [7, 11) is 0. The minimum absolute atomic E-state index is 0.0730. The van der Waals surface area contributed by atoms with E-state index >= 15 is 0 Å². The Bertz CT molecular complexity index is 1360. The standard InChI is InChI=1S/C28H27N4O5S/c33-26(34)13-15-29-27(35)22-11-9-21(10-12-22)18-31(16-14-20-5-2-1-3-6-20)28-30-25(19-38-28)23-7-4-8-24(17-23)32(36)37/h1-12,17,19,36H,13-16,18H2,(H,29,35)(H,33,34)/q-1. The van der Waals surface area contributed by atoms with Crippen LogP contribution in [0, 0.1) is 5.21 Å². The highest BCUT2D eigenvalue weighted by Crippen LogP contribution is 2.30. The molecule has 3 N–H and O–H groups in total. The summed E-state index contributed by atoms with van der Waals surface area (Å²) in [5.41, 5.74) is 4.20. The fraction of sp³-hybridized carbons (Fsp3) is 0.179. The molecule has 0 atom stereocenters. The Labute approximate surface area is 224 Å². The number of nitrogens with zero attached hydrogens (tertiary/aromatic N) is 3. The summed E-state index contributed by atoms with van der Waals surface area (Å²) in [6, 6.07) is 24.0. The Balaban J connectivity index is 1.51. The molecule has 0 saturated heterocycles. The quantitative estimate of drug-likeness (QED) is 0.219. The maximum atomic E-state index is 12.3. The molecule has 4 rings (SSSR count). The molecule has 1 amide bonds. The zero-order valence-electron chi connectivity index (χ0n) is 20.5. The molecular formula is C28H27N4O5S-. The molecule has 0 aliphatic carbocycles. The number of nitrogens with one attached hydrogen (secondary N) is 1. The lowest BCUT2D eigenvalue weighted by Gasteiger charge is -2.22. The maximum absolute atomic E-state index is 12.3. The summed E-state index contributed by atoms with van der Waals surface area (Å²) in [6.45, 7) is 1.34. The molecule has 1 aromatic heterocycles. The second-order valence-corrected chi connectivity index (χ2v) is 9.43. The predicted octanol–water partition coefficient (Wildman–Crippen LogP) is 4.96. The van der Waals surface area contributed by atoms with Crippen molar-refractivity contribution in [1.29, 1.82) is 0 Å². The van der Waals surface area contributed by atoms with Crippen LogP contribution in [0.3, 0.4) is 0 Å². The van der Waals surface area contributed by atoms with E-state index in [1.54, 1.807) is 24.3 Å². The average Bonchev–Trinajstić information content (AvgIpc) is 3.42. The van der Waals surface area contributed by atoms with Gasteiger partial charge in [0.15, 0.2) is 5.13 Å². The third-order valence-electron chi connectivity index (χ3n) is 5.85. The monoisotopic (exact) mass is 531 g/mol. The molecule has 0 aliphatic rings. The third kappa shape index (κ3) is 7.39. The number of benzene rings is 3. The van der Waals surface area contributed by atoms with Gasteiger partial charge in [0.2, 0.25) is 0 Å². The van der Waals surface area contributed by atoms with Gasteiger partial charge in [-0.05, 0) is 41.8 Å². The van der Waals surface area contributed by atoms with E-state index in [4.69, 9.17) is 10.1 Å². The van der Waals surface area contributed by atoms with Gasteiger partial charge in [0.1, 0.15) is 0 Å². The number of aliphatic carboxylic acids is 1. The van der Waals surface area contributed by atoms with Crippen LogP contribution in [0.1, 0.15) is 27.9 Å². The number of carbonyl (C=O) groups excluding carboxylic acids is 1. The molecule has 3 aromatic carbocycles. The molecule has 0 saturated carbocycles. The third-order valence-corrected chi connectivity index (χ3v) is 6.75. The van der Waals surface area contributed by atoms with E-state index in [-0.39, 0.29) is 29.8 Å². The van der Waals surface area contributed by atoms with Crippen LogP contribution in [0.5, 0.6) is 0 Å². The zero-order chi connectivity index (χ0) is 26.9. The molecule has 1 heterocycles. The van der Waals surface area contributed by atoms with Gasteiger partial charge in [0, 0.05) is 36.1 Å². The minimum atomic E-state index is -0.963. The van der Waals surface area contributed by atoms with Gasteiger partial charge >= 0.3 is 5.97 Å². The van der Waals surface area contributed by atoms with Crippen LogP contribution in [0.4, 0.5) is 10.8 Å². The molecule has 0 spiro atoms. The van der Waals surface area contributed by atoms with Crippen LogP contribution >= 0.6 is 11.3 Å². The van der Waals surface area contributed by atoms with Gasteiger partial charge < -0.3 is 25.8 Å². The zero-order valence-corrected chi connectivity index (χ0v) is 21.3. The second kappa shape index (κ2) is 12.8. The lowest BCUT2D eigenvalue weighted by atomic mass is 10.1. The highest BCUT2D eigenvalue weighted by molar-refractivity contribution is 7.14. The molecule has 0 radical (unpaired) electrons. The van der Waals surface area contributed by atoms with Gasteiger partial charge in [-0.2, -0.15) is 0 Å². The van der Waals surface area contributed by atoms with Crippen molar-refractivity contribution < 1.29 is 19.9 Å². The van der Waals surface area contributed by atoms with E-state index in [1.807, 2.05) is 41.8 Å². The van der Waals surface area contributed by atoms with Crippen molar-refractivity contribution in [3.8, 4) is 11.3 Å². The number of carboxylic acids is 1. The Morgan fingerprint density at radius 1 is 0.974 bits per heavy atom. The Morgan fingerprint density at radius 3 is 2.45 bits per heavy atom. The van der Waals surface area contributed by atoms with Gasteiger partial charge in [-0.15, -0.1) is 11.3 Å². The van der Waals surface area contributed by atoms with Gasteiger partial charge in [-0.1, -0.05) is 54.6 Å². The SMILES string of the molecule is O=C(O)CCNC(=O)c1ccc(CN(CCc2ccccc2)c2nc(-c3cccc(N([O-])O)c3)cs2)cc1. The lowest BCUT2D eigenvalue weighted by Crippen LogP contribution is -2.26. The van der Waals surface area contributed by atoms with Crippen LogP contribution in [0.2, 0.25) is 0 Å². The highest BCUT2D eigenvalue weighted by atomic mass is 32.1. The average molecular weight is 532 g/mol. The first-order valence-electron chi connectivity index (χ1n) is 12.0. The minimum Gasteiger partial charge on any atom is -0.733 e. The summed E-state index contributed by atoms with van der Waals surface area (Å²) in [5.74, 6) is -1.28. The molecule has 0 unspecified atom stereocenters. The summed E-state index contributed by atoms with van der Waals surface area (Å²) in [6.07, 6.45) is 0.681. The van der Waals surface area contributed by atoms with Crippen molar-refractivity contribution >= 4 is 34.0 Å². The van der Waals surface area contributed by atoms with Crippen LogP contribution in [0.15, 0.2) is 84.2 Å². The van der Waals surface area contributed by atoms with Crippen molar-refractivity contribution in [3.05, 3.63) is 106 Å². The fourth-order valence-electron chi connectivity index (χ4n) is 3.84. The van der Waals surface area contributed by atoms with Crippen LogP contribution in [-0.4, -0.2) is 40.3 Å². The number of hydrogen-bond acceptors (Lipinski definition) is 8. The number of rotatable bonds is 12.